The first kappa shape index (κ1) is 22.9. The maximum Gasteiger partial charge on any atom is 0.273 e. The summed E-state index contributed by atoms with van der Waals surface area (Å²) in [6, 6.07) is 13.3. The first-order valence-electron chi connectivity index (χ1n) is 11.1. The molecule has 1 aliphatic rings. The molecule has 0 aliphatic carbocycles. The van der Waals surface area contributed by atoms with E-state index >= 15 is 0 Å². The normalized spacial score (nSPS) is 17.0. The van der Waals surface area contributed by atoms with Gasteiger partial charge in [0.1, 0.15) is 0 Å². The van der Waals surface area contributed by atoms with Gasteiger partial charge in [0, 0.05) is 36.2 Å². The first-order chi connectivity index (χ1) is 14.7. The van der Waals surface area contributed by atoms with Crippen molar-refractivity contribution >= 4 is 11.6 Å². The van der Waals surface area contributed by atoms with Crippen LogP contribution >= 0.6 is 0 Å². The standard InChI is InChI=1S/C25H33N3O3/c1-5-27-13-7-10-22(27)17-26-24(29)20-12-11-19(23(16-20)28(30)31)14-18-8-6-9-21(15-18)25(2,3)4/h6,8-9,11-12,15-16,22H,5,7,10,13-14,17H2,1-4H3,(H,26,29). The van der Waals surface area contributed by atoms with Crippen molar-refractivity contribution in [2.45, 2.75) is 58.4 Å². The largest absolute Gasteiger partial charge is 0.350 e. The third-order valence-electron chi connectivity index (χ3n) is 6.14. The molecule has 0 bridgehead atoms. The third kappa shape index (κ3) is 5.70. The van der Waals surface area contributed by atoms with Gasteiger partial charge in [0.15, 0.2) is 0 Å². The molecule has 2 aromatic carbocycles. The summed E-state index contributed by atoms with van der Waals surface area (Å²) in [5.41, 5.74) is 3.16. The van der Waals surface area contributed by atoms with Crippen LogP contribution in [0, 0.1) is 10.1 Å². The van der Waals surface area contributed by atoms with E-state index in [1.807, 2.05) is 12.1 Å². The molecule has 31 heavy (non-hydrogen) atoms. The van der Waals surface area contributed by atoms with Crippen molar-refractivity contribution in [3.63, 3.8) is 0 Å². The number of likely N-dealkylation sites (N-methyl/N-ethyl adjacent to an activating group) is 1. The highest BCUT2D eigenvalue weighted by Crippen LogP contribution is 2.27. The van der Waals surface area contributed by atoms with Gasteiger partial charge in [-0.2, -0.15) is 0 Å². The summed E-state index contributed by atoms with van der Waals surface area (Å²) in [6.07, 6.45) is 2.67. The number of likely N-dealkylation sites (tertiary alicyclic amines) is 1. The molecule has 2 aromatic rings. The van der Waals surface area contributed by atoms with Gasteiger partial charge in [-0.3, -0.25) is 19.8 Å². The molecule has 1 heterocycles. The van der Waals surface area contributed by atoms with Crippen molar-refractivity contribution in [3.8, 4) is 0 Å². The molecule has 166 valence electrons. The number of nitrogens with zero attached hydrogens (tertiary/aromatic N) is 2. The van der Waals surface area contributed by atoms with Crippen LogP contribution in [0.2, 0.25) is 0 Å². The fourth-order valence-electron chi connectivity index (χ4n) is 4.25. The van der Waals surface area contributed by atoms with Gasteiger partial charge in [0.2, 0.25) is 0 Å². The van der Waals surface area contributed by atoms with Crippen LogP contribution in [0.25, 0.3) is 0 Å². The minimum Gasteiger partial charge on any atom is -0.350 e. The summed E-state index contributed by atoms with van der Waals surface area (Å²) in [6.45, 7) is 11.2. The van der Waals surface area contributed by atoms with E-state index in [2.05, 4.69) is 50.0 Å². The maximum atomic E-state index is 12.6. The minimum absolute atomic E-state index is 0.00939. The highest BCUT2D eigenvalue weighted by atomic mass is 16.6. The third-order valence-corrected chi connectivity index (χ3v) is 6.14. The Morgan fingerprint density at radius 2 is 2.00 bits per heavy atom. The number of hydrogen-bond acceptors (Lipinski definition) is 4. The molecule has 1 unspecified atom stereocenters. The number of carbonyl (C=O) groups excluding carboxylic acids is 1. The molecular weight excluding hydrogens is 390 g/mol. The lowest BCUT2D eigenvalue weighted by Crippen LogP contribution is -2.40. The molecule has 3 rings (SSSR count). The van der Waals surface area contributed by atoms with Crippen molar-refractivity contribution in [1.29, 1.82) is 0 Å². The second-order valence-corrected chi connectivity index (χ2v) is 9.36. The summed E-state index contributed by atoms with van der Waals surface area (Å²) >= 11 is 0. The summed E-state index contributed by atoms with van der Waals surface area (Å²) in [4.78, 5) is 26.3. The first-order valence-corrected chi connectivity index (χ1v) is 11.1. The van der Waals surface area contributed by atoms with E-state index in [1.165, 1.54) is 11.6 Å². The highest BCUT2D eigenvalue weighted by Gasteiger charge is 2.24. The molecule has 0 radical (unpaired) electrons. The van der Waals surface area contributed by atoms with E-state index < -0.39 is 4.92 Å². The summed E-state index contributed by atoms with van der Waals surface area (Å²) in [7, 11) is 0. The Hall–Kier alpha value is -2.73. The predicted octanol–water partition coefficient (Wildman–Crippen LogP) is 4.70. The van der Waals surface area contributed by atoms with Gasteiger partial charge in [-0.25, -0.2) is 0 Å². The number of nitro benzene ring substituents is 1. The zero-order chi connectivity index (χ0) is 22.6. The maximum absolute atomic E-state index is 12.6. The Bertz CT molecular complexity index is 949. The molecule has 6 heteroatoms. The average molecular weight is 424 g/mol. The van der Waals surface area contributed by atoms with Crippen molar-refractivity contribution < 1.29 is 9.72 Å². The highest BCUT2D eigenvalue weighted by molar-refractivity contribution is 5.95. The van der Waals surface area contributed by atoms with Crippen LogP contribution in [0.1, 0.15) is 67.6 Å². The van der Waals surface area contributed by atoms with E-state index in [1.54, 1.807) is 12.1 Å². The molecule has 6 nitrogen and oxygen atoms in total. The van der Waals surface area contributed by atoms with E-state index in [0.29, 0.717) is 30.1 Å². The number of nitro groups is 1. The summed E-state index contributed by atoms with van der Waals surface area (Å²) in [5.74, 6) is -0.257. The van der Waals surface area contributed by atoms with Crippen molar-refractivity contribution in [3.05, 3.63) is 74.8 Å². The Labute approximate surface area is 184 Å². The number of amides is 1. The fourth-order valence-corrected chi connectivity index (χ4v) is 4.25. The molecule has 1 aliphatic heterocycles. The number of hydrogen-bond donors (Lipinski definition) is 1. The number of benzene rings is 2. The van der Waals surface area contributed by atoms with E-state index in [9.17, 15) is 14.9 Å². The molecule has 0 aromatic heterocycles. The number of rotatable bonds is 7. The molecule has 1 N–H and O–H groups in total. The predicted molar refractivity (Wildman–Crippen MR) is 124 cm³/mol. The van der Waals surface area contributed by atoms with Crippen LogP contribution in [0.5, 0.6) is 0 Å². The Kier molecular flexibility index (Phi) is 7.11. The zero-order valence-corrected chi connectivity index (χ0v) is 19.0. The lowest BCUT2D eigenvalue weighted by molar-refractivity contribution is -0.385. The fraction of sp³-hybridized carbons (Fsp3) is 0.480. The van der Waals surface area contributed by atoms with E-state index in [-0.39, 0.29) is 17.0 Å². The minimum atomic E-state index is -0.393. The van der Waals surface area contributed by atoms with Crippen LogP contribution in [-0.4, -0.2) is 41.4 Å². The summed E-state index contributed by atoms with van der Waals surface area (Å²) in [5, 5.41) is 14.7. The molecule has 1 amide bonds. The van der Waals surface area contributed by atoms with Gasteiger partial charge in [-0.05, 0) is 48.5 Å². The van der Waals surface area contributed by atoms with Crippen LogP contribution < -0.4 is 5.32 Å². The lowest BCUT2D eigenvalue weighted by atomic mass is 9.85. The molecule has 1 fully saturated rings. The monoisotopic (exact) mass is 423 g/mol. The smallest absolute Gasteiger partial charge is 0.273 e. The number of nitrogens with one attached hydrogen (secondary N) is 1. The van der Waals surface area contributed by atoms with Crippen LogP contribution in [0.15, 0.2) is 42.5 Å². The lowest BCUT2D eigenvalue weighted by Gasteiger charge is -2.22. The van der Waals surface area contributed by atoms with Crippen LogP contribution in [-0.2, 0) is 11.8 Å². The van der Waals surface area contributed by atoms with Gasteiger partial charge >= 0.3 is 0 Å². The average Bonchev–Trinajstić information content (AvgIpc) is 3.19. The van der Waals surface area contributed by atoms with Gasteiger partial charge in [0.25, 0.3) is 11.6 Å². The summed E-state index contributed by atoms with van der Waals surface area (Å²) < 4.78 is 0. The second-order valence-electron chi connectivity index (χ2n) is 9.36. The number of carbonyl (C=O) groups is 1. The van der Waals surface area contributed by atoms with Gasteiger partial charge in [-0.1, -0.05) is 58.0 Å². The molecule has 0 spiro atoms. The SMILES string of the molecule is CCN1CCCC1CNC(=O)c1ccc(Cc2cccc(C(C)(C)C)c2)c([N+](=O)[O-])c1. The van der Waals surface area contributed by atoms with E-state index in [4.69, 9.17) is 0 Å². The Balaban J connectivity index is 1.75. The Morgan fingerprint density at radius 3 is 2.68 bits per heavy atom. The quantitative estimate of drug-likeness (QED) is 0.517. The molecule has 0 saturated carbocycles. The second kappa shape index (κ2) is 9.60. The molecule has 1 saturated heterocycles. The zero-order valence-electron chi connectivity index (χ0n) is 19.0. The van der Waals surface area contributed by atoms with Crippen LogP contribution in [0.3, 0.4) is 0 Å². The topological polar surface area (TPSA) is 75.5 Å². The van der Waals surface area contributed by atoms with Crippen molar-refractivity contribution in [1.82, 2.24) is 10.2 Å². The van der Waals surface area contributed by atoms with Crippen molar-refractivity contribution in [2.24, 2.45) is 0 Å². The van der Waals surface area contributed by atoms with Crippen molar-refractivity contribution in [2.75, 3.05) is 19.6 Å². The van der Waals surface area contributed by atoms with Crippen LogP contribution in [0.4, 0.5) is 5.69 Å². The Morgan fingerprint density at radius 1 is 1.23 bits per heavy atom. The van der Waals surface area contributed by atoms with E-state index in [0.717, 1.165) is 31.5 Å². The van der Waals surface area contributed by atoms with Gasteiger partial charge in [-0.15, -0.1) is 0 Å². The van der Waals surface area contributed by atoms with Gasteiger partial charge in [0.05, 0.1) is 4.92 Å². The molecule has 1 atom stereocenters. The van der Waals surface area contributed by atoms with Gasteiger partial charge < -0.3 is 5.32 Å². The molecular formula is C25H33N3O3.